The van der Waals surface area contributed by atoms with Gasteiger partial charge in [-0.2, -0.15) is 0 Å². The molecule has 0 bridgehead atoms. The molecule has 2 heteroatoms. The van der Waals surface area contributed by atoms with E-state index in [9.17, 15) is 0 Å². The molecule has 4 heterocycles. The number of pyridine rings is 2. The lowest BCUT2D eigenvalue weighted by atomic mass is 9.57. The van der Waals surface area contributed by atoms with Crippen molar-refractivity contribution in [2.45, 2.75) is 116 Å². The maximum atomic E-state index is 2.66. The zero-order valence-electron chi connectivity index (χ0n) is 34.3. The summed E-state index contributed by atoms with van der Waals surface area (Å²) in [5.41, 5.74) is 20.8. The van der Waals surface area contributed by atoms with Crippen molar-refractivity contribution >= 4 is 0 Å². The number of hydrogen-bond donors (Lipinski definition) is 0. The van der Waals surface area contributed by atoms with Crippen LogP contribution in [-0.2, 0) is 32.7 Å². The van der Waals surface area contributed by atoms with Crippen molar-refractivity contribution in [2.75, 3.05) is 0 Å². The molecule has 0 N–H and O–H groups in total. The summed E-state index contributed by atoms with van der Waals surface area (Å²) in [7, 11) is 0. The Morgan fingerprint density at radius 2 is 0.741 bits per heavy atom. The first-order chi connectivity index (χ1) is 25.3. The summed E-state index contributed by atoms with van der Waals surface area (Å²) in [6.45, 7) is 28.4. The van der Waals surface area contributed by atoms with Crippen LogP contribution in [0.15, 0.2) is 109 Å². The van der Waals surface area contributed by atoms with E-state index >= 15 is 0 Å². The van der Waals surface area contributed by atoms with Gasteiger partial charge < -0.3 is 0 Å². The lowest BCUT2D eigenvalue weighted by molar-refractivity contribution is -0.955. The predicted molar refractivity (Wildman–Crippen MR) is 221 cm³/mol. The second kappa shape index (κ2) is 10.1. The van der Waals surface area contributed by atoms with E-state index in [1.165, 1.54) is 89.3 Å². The molecule has 270 valence electrons. The Kier molecular flexibility index (Phi) is 6.29. The molecule has 0 amide bonds. The maximum Gasteiger partial charge on any atom is 0.418 e. The van der Waals surface area contributed by atoms with E-state index < -0.39 is 11.1 Å². The normalized spacial score (nSPS) is 16.4. The smallest absolute Gasteiger partial charge is 0.125 e. The number of hydrogen-bond acceptors (Lipinski definition) is 0. The Balaban J connectivity index is 1.51. The number of aromatic nitrogens is 2. The number of nitrogens with zero attached hydrogens (tertiary/aromatic N) is 2. The summed E-state index contributed by atoms with van der Waals surface area (Å²) in [5, 5.41) is 0. The Labute approximate surface area is 322 Å². The molecule has 0 saturated carbocycles. The van der Waals surface area contributed by atoms with Crippen LogP contribution in [0.3, 0.4) is 0 Å². The highest BCUT2D eigenvalue weighted by atomic mass is 15.3. The van der Waals surface area contributed by atoms with Crippen molar-refractivity contribution < 1.29 is 9.13 Å². The molecular formula is C52H54N2+2. The fourth-order valence-electron chi connectivity index (χ4n) is 10.5. The topological polar surface area (TPSA) is 7.76 Å². The predicted octanol–water partition coefficient (Wildman–Crippen LogP) is 11.4. The molecule has 2 aliphatic heterocycles. The molecule has 0 saturated heterocycles. The summed E-state index contributed by atoms with van der Waals surface area (Å²) in [6, 6.07) is 38.8. The van der Waals surface area contributed by atoms with Crippen LogP contribution in [0.5, 0.6) is 0 Å². The van der Waals surface area contributed by atoms with Crippen molar-refractivity contribution in [2.24, 2.45) is 0 Å². The second-order valence-corrected chi connectivity index (χ2v) is 20.7. The van der Waals surface area contributed by atoms with E-state index in [1.807, 2.05) is 0 Å². The Bertz CT molecular complexity index is 2460. The van der Waals surface area contributed by atoms with Gasteiger partial charge >= 0.3 is 5.66 Å². The van der Waals surface area contributed by atoms with Crippen LogP contribution in [0, 0.1) is 0 Å². The van der Waals surface area contributed by atoms with Gasteiger partial charge in [0.2, 0.25) is 11.4 Å². The molecule has 4 aliphatic rings. The van der Waals surface area contributed by atoms with Crippen LogP contribution < -0.4 is 9.13 Å². The highest BCUT2D eigenvalue weighted by molar-refractivity contribution is 5.92. The Morgan fingerprint density at radius 1 is 0.370 bits per heavy atom. The molecule has 2 nitrogen and oxygen atoms in total. The largest absolute Gasteiger partial charge is 0.418 e. The van der Waals surface area contributed by atoms with Gasteiger partial charge in [0.15, 0.2) is 12.4 Å². The molecule has 0 radical (unpaired) electrons. The van der Waals surface area contributed by atoms with Gasteiger partial charge in [0.25, 0.3) is 0 Å². The Hall–Kier alpha value is -4.82. The van der Waals surface area contributed by atoms with Gasteiger partial charge in [-0.15, -0.1) is 9.13 Å². The standard InChI is InChI=1S/C52H54N2/c1-47(2,3)31-21-23-53-43(29-31)37-25-33(49(7,8)9)27-41-45(37)52(53)46-38(44-30-32(48(4,5)6)22-24-54(44)52)26-34(50(10,11)12)28-42(46)51(41)39-19-15-13-17-35(39)36-18-14-16-20-40(36)51/h13-30H,1-12H3/q+2. The fourth-order valence-corrected chi connectivity index (χ4v) is 10.5. The minimum atomic E-state index is -0.586. The first kappa shape index (κ1) is 33.7. The molecule has 4 aromatic carbocycles. The van der Waals surface area contributed by atoms with Crippen LogP contribution in [-0.4, -0.2) is 0 Å². The van der Waals surface area contributed by atoms with Crippen LogP contribution in [0.4, 0.5) is 0 Å². The van der Waals surface area contributed by atoms with Crippen molar-refractivity contribution in [1.29, 1.82) is 0 Å². The number of benzene rings is 4. The van der Waals surface area contributed by atoms with Crippen LogP contribution in [0.1, 0.15) is 139 Å². The molecule has 6 aromatic rings. The SMILES string of the molecule is CC(C)(C)c1cc2c3c(c1)C1(c4ccccc4-c4ccccc41)c1cc(C(C)(C)C)cc4c1C3([n+]1ccc(C(C)(C)C)cc1-2)[n+]1ccc(C(C)(C)C)cc1-4. The molecule has 2 aliphatic carbocycles. The summed E-state index contributed by atoms with van der Waals surface area (Å²) in [4.78, 5) is 0. The van der Waals surface area contributed by atoms with Crippen LogP contribution in [0.2, 0.25) is 0 Å². The molecular weight excluding hydrogens is 653 g/mol. The van der Waals surface area contributed by atoms with Gasteiger partial charge in [-0.25, -0.2) is 0 Å². The average molecular weight is 707 g/mol. The van der Waals surface area contributed by atoms with Gasteiger partial charge in [0.05, 0.1) is 16.5 Å². The third-order valence-corrected chi connectivity index (χ3v) is 13.4. The molecule has 0 fully saturated rings. The van der Waals surface area contributed by atoms with E-state index in [0.29, 0.717) is 0 Å². The van der Waals surface area contributed by atoms with E-state index in [-0.39, 0.29) is 21.7 Å². The molecule has 2 aromatic heterocycles. The lowest BCUT2D eigenvalue weighted by Gasteiger charge is -2.42. The molecule has 2 spiro atoms. The first-order valence-electron chi connectivity index (χ1n) is 20.0. The zero-order valence-corrected chi connectivity index (χ0v) is 34.3. The third-order valence-electron chi connectivity index (χ3n) is 13.4. The van der Waals surface area contributed by atoms with Crippen molar-refractivity contribution in [3.05, 3.63) is 165 Å². The first-order valence-corrected chi connectivity index (χ1v) is 20.0. The summed E-state index contributed by atoms with van der Waals surface area (Å²) < 4.78 is 5.32. The third kappa shape index (κ3) is 3.97. The quantitative estimate of drug-likeness (QED) is 0.139. The van der Waals surface area contributed by atoms with Crippen molar-refractivity contribution in [3.8, 4) is 33.6 Å². The highest BCUT2D eigenvalue weighted by Crippen LogP contribution is 2.66. The fraction of sp³-hybridized carbons (Fsp3) is 0.346. The second-order valence-electron chi connectivity index (χ2n) is 20.7. The lowest BCUT2D eigenvalue weighted by Crippen LogP contribution is -2.73. The van der Waals surface area contributed by atoms with Gasteiger partial charge in [0.1, 0.15) is 11.1 Å². The van der Waals surface area contributed by atoms with Crippen LogP contribution >= 0.6 is 0 Å². The van der Waals surface area contributed by atoms with E-state index in [4.69, 9.17) is 0 Å². The average Bonchev–Trinajstić information content (AvgIpc) is 3.69. The van der Waals surface area contributed by atoms with Crippen LogP contribution in [0.25, 0.3) is 33.6 Å². The summed E-state index contributed by atoms with van der Waals surface area (Å²) in [6.07, 6.45) is 4.85. The number of rotatable bonds is 0. The zero-order chi connectivity index (χ0) is 38.1. The van der Waals surface area contributed by atoms with Gasteiger partial charge in [0, 0.05) is 24.3 Å². The molecule has 0 unspecified atom stereocenters. The Morgan fingerprint density at radius 3 is 1.11 bits per heavy atom. The minimum absolute atomic E-state index is 0.00766. The van der Waals surface area contributed by atoms with Gasteiger partial charge in [-0.3, -0.25) is 0 Å². The minimum Gasteiger partial charge on any atom is -0.125 e. The summed E-state index contributed by atoms with van der Waals surface area (Å²) in [5.74, 6) is 0. The van der Waals surface area contributed by atoms with Crippen molar-refractivity contribution in [3.63, 3.8) is 0 Å². The highest BCUT2D eigenvalue weighted by Gasteiger charge is 2.74. The van der Waals surface area contributed by atoms with E-state index in [0.717, 1.165) is 0 Å². The monoisotopic (exact) mass is 706 g/mol. The van der Waals surface area contributed by atoms with Gasteiger partial charge in [-0.05, 0) is 89.4 Å². The number of fused-ring (bicyclic) bond motifs is 11. The van der Waals surface area contributed by atoms with Gasteiger partial charge in [-0.1, -0.05) is 144 Å². The molecule has 54 heavy (non-hydrogen) atoms. The summed E-state index contributed by atoms with van der Waals surface area (Å²) >= 11 is 0. The molecule has 10 rings (SSSR count). The maximum absolute atomic E-state index is 2.66. The van der Waals surface area contributed by atoms with E-state index in [2.05, 4.69) is 202 Å². The van der Waals surface area contributed by atoms with E-state index in [1.54, 1.807) is 0 Å². The van der Waals surface area contributed by atoms with Crippen molar-refractivity contribution in [1.82, 2.24) is 0 Å². The molecule has 0 atom stereocenters.